The van der Waals surface area contributed by atoms with Crippen LogP contribution in [-0.4, -0.2) is 26.3 Å². The summed E-state index contributed by atoms with van der Waals surface area (Å²) in [5, 5.41) is 19.2. The van der Waals surface area contributed by atoms with Crippen molar-refractivity contribution in [3.8, 4) is 22.7 Å². The molecule has 1 heterocycles. The van der Waals surface area contributed by atoms with E-state index in [0.717, 1.165) is 16.8 Å². The molecule has 0 fully saturated rings. The maximum absolute atomic E-state index is 10.1. The van der Waals surface area contributed by atoms with Gasteiger partial charge in [0.25, 0.3) is 0 Å². The predicted octanol–water partition coefficient (Wildman–Crippen LogP) is 5.35. The first-order chi connectivity index (χ1) is 13.6. The molecule has 6 heteroatoms. The minimum atomic E-state index is 0.0619. The van der Waals surface area contributed by atoms with Gasteiger partial charge in [0, 0.05) is 22.4 Å². The molecular weight excluding hydrogens is 372 g/mol. The van der Waals surface area contributed by atoms with Gasteiger partial charge in [0.1, 0.15) is 11.4 Å². The predicted molar refractivity (Wildman–Crippen MR) is 112 cm³/mol. The molecule has 138 valence electrons. The van der Waals surface area contributed by atoms with Crippen molar-refractivity contribution >= 4 is 23.6 Å². The third-order valence-electron chi connectivity index (χ3n) is 4.29. The Morgan fingerprint density at radius 2 is 1.75 bits per heavy atom. The Labute approximate surface area is 167 Å². The smallest absolute Gasteiger partial charge is 0.184 e. The van der Waals surface area contributed by atoms with Crippen LogP contribution in [0.4, 0.5) is 5.82 Å². The van der Waals surface area contributed by atoms with Crippen LogP contribution in [0.3, 0.4) is 0 Å². The van der Waals surface area contributed by atoms with Gasteiger partial charge >= 0.3 is 0 Å². The number of aryl methyl sites for hydroxylation is 1. The molecule has 4 rings (SSSR count). The summed E-state index contributed by atoms with van der Waals surface area (Å²) in [6.45, 7) is 2.03. The number of phenolic OH excluding ortho intramolecular Hbond substituents is 1. The van der Waals surface area contributed by atoms with E-state index in [1.165, 1.54) is 6.07 Å². The van der Waals surface area contributed by atoms with Gasteiger partial charge in [-0.25, -0.2) is 4.99 Å². The van der Waals surface area contributed by atoms with E-state index in [2.05, 4.69) is 15.3 Å². The summed E-state index contributed by atoms with van der Waals surface area (Å²) < 4.78 is 1.69. The SMILES string of the molecule is Cc1ccc(-n2nnc(-c3ccccc3)c2/N=C/c2ccc(Cl)cc2O)cc1. The van der Waals surface area contributed by atoms with Crippen LogP contribution in [0.25, 0.3) is 16.9 Å². The molecule has 0 aliphatic carbocycles. The largest absolute Gasteiger partial charge is 0.507 e. The molecule has 0 aliphatic heterocycles. The average molecular weight is 389 g/mol. The van der Waals surface area contributed by atoms with Gasteiger partial charge < -0.3 is 5.11 Å². The Morgan fingerprint density at radius 1 is 1.00 bits per heavy atom. The fraction of sp³-hybridized carbons (Fsp3) is 0.0455. The highest BCUT2D eigenvalue weighted by molar-refractivity contribution is 6.30. The number of halogens is 1. The van der Waals surface area contributed by atoms with Gasteiger partial charge in [0.05, 0.1) is 5.69 Å². The van der Waals surface area contributed by atoms with E-state index >= 15 is 0 Å². The normalized spacial score (nSPS) is 11.2. The topological polar surface area (TPSA) is 63.3 Å². The molecule has 0 bridgehead atoms. The van der Waals surface area contributed by atoms with Gasteiger partial charge in [-0.2, -0.15) is 4.68 Å². The number of rotatable bonds is 4. The molecule has 0 amide bonds. The van der Waals surface area contributed by atoms with E-state index in [-0.39, 0.29) is 5.75 Å². The molecule has 0 spiro atoms. The minimum Gasteiger partial charge on any atom is -0.507 e. The van der Waals surface area contributed by atoms with Crippen molar-refractivity contribution in [1.29, 1.82) is 0 Å². The summed E-state index contributed by atoms with van der Waals surface area (Å²) in [6.07, 6.45) is 1.58. The lowest BCUT2D eigenvalue weighted by Crippen LogP contribution is -1.96. The Balaban J connectivity index is 1.83. The van der Waals surface area contributed by atoms with Gasteiger partial charge in [-0.15, -0.1) is 5.10 Å². The van der Waals surface area contributed by atoms with Crippen LogP contribution in [0, 0.1) is 6.92 Å². The summed E-state index contributed by atoms with van der Waals surface area (Å²) in [6, 6.07) is 22.6. The number of benzene rings is 3. The second kappa shape index (κ2) is 7.66. The fourth-order valence-corrected chi connectivity index (χ4v) is 2.96. The zero-order valence-corrected chi connectivity index (χ0v) is 15.9. The Kier molecular flexibility index (Phi) is 4.91. The van der Waals surface area contributed by atoms with E-state index in [4.69, 9.17) is 11.6 Å². The zero-order valence-electron chi connectivity index (χ0n) is 15.1. The van der Waals surface area contributed by atoms with E-state index in [1.54, 1.807) is 23.0 Å². The number of aromatic hydroxyl groups is 1. The molecule has 1 aromatic heterocycles. The van der Waals surface area contributed by atoms with E-state index in [0.29, 0.717) is 22.1 Å². The van der Waals surface area contributed by atoms with Gasteiger partial charge in [-0.1, -0.05) is 64.8 Å². The van der Waals surface area contributed by atoms with Crippen molar-refractivity contribution in [3.63, 3.8) is 0 Å². The molecule has 3 aromatic carbocycles. The number of hydrogen-bond donors (Lipinski definition) is 1. The van der Waals surface area contributed by atoms with Crippen LogP contribution < -0.4 is 0 Å². The third kappa shape index (κ3) is 3.66. The van der Waals surface area contributed by atoms with E-state index < -0.39 is 0 Å². The lowest BCUT2D eigenvalue weighted by Gasteiger charge is -2.05. The number of aromatic nitrogens is 3. The maximum Gasteiger partial charge on any atom is 0.184 e. The van der Waals surface area contributed by atoms with Gasteiger partial charge in [-0.05, 0) is 37.3 Å². The summed E-state index contributed by atoms with van der Waals surface area (Å²) in [5.74, 6) is 0.635. The first kappa shape index (κ1) is 17.9. The molecule has 0 aliphatic rings. The van der Waals surface area contributed by atoms with Crippen LogP contribution in [0.2, 0.25) is 5.02 Å². The monoisotopic (exact) mass is 388 g/mol. The third-order valence-corrected chi connectivity index (χ3v) is 4.53. The molecule has 0 atom stereocenters. The Hall–Kier alpha value is -3.44. The highest BCUT2D eigenvalue weighted by Crippen LogP contribution is 2.30. The Morgan fingerprint density at radius 3 is 2.46 bits per heavy atom. The van der Waals surface area contributed by atoms with Gasteiger partial charge in [-0.3, -0.25) is 0 Å². The quantitative estimate of drug-likeness (QED) is 0.479. The molecule has 4 aromatic rings. The van der Waals surface area contributed by atoms with Crippen LogP contribution in [0.15, 0.2) is 77.8 Å². The summed E-state index contributed by atoms with van der Waals surface area (Å²) in [5.41, 5.74) is 4.13. The van der Waals surface area contributed by atoms with E-state index in [9.17, 15) is 5.11 Å². The standard InChI is InChI=1S/C22H17ClN4O/c1-15-7-11-19(12-8-15)27-22(21(25-26-27)16-5-3-2-4-6-16)24-14-17-9-10-18(23)13-20(17)28/h2-14,28H,1H3/b24-14+. The van der Waals surface area contributed by atoms with Crippen LogP contribution in [-0.2, 0) is 0 Å². The second-order valence-electron chi connectivity index (χ2n) is 6.34. The zero-order chi connectivity index (χ0) is 19.5. The van der Waals surface area contributed by atoms with Crippen molar-refractivity contribution in [2.45, 2.75) is 6.92 Å². The molecule has 0 unspecified atom stereocenters. The second-order valence-corrected chi connectivity index (χ2v) is 6.77. The average Bonchev–Trinajstić information content (AvgIpc) is 3.12. The number of aliphatic imine (C=N–C) groups is 1. The first-order valence-electron chi connectivity index (χ1n) is 8.72. The van der Waals surface area contributed by atoms with Crippen molar-refractivity contribution in [2.75, 3.05) is 0 Å². The van der Waals surface area contributed by atoms with Crippen molar-refractivity contribution in [3.05, 3.63) is 88.9 Å². The van der Waals surface area contributed by atoms with Gasteiger partial charge in [0.2, 0.25) is 0 Å². The van der Waals surface area contributed by atoms with Crippen LogP contribution >= 0.6 is 11.6 Å². The highest BCUT2D eigenvalue weighted by Gasteiger charge is 2.15. The molecule has 0 saturated carbocycles. The number of hydrogen-bond acceptors (Lipinski definition) is 4. The van der Waals surface area contributed by atoms with Crippen molar-refractivity contribution in [1.82, 2.24) is 15.0 Å². The van der Waals surface area contributed by atoms with Crippen LogP contribution in [0.1, 0.15) is 11.1 Å². The summed E-state index contributed by atoms with van der Waals surface area (Å²) in [7, 11) is 0. The lowest BCUT2D eigenvalue weighted by atomic mass is 10.1. The molecular formula is C22H17ClN4O. The first-order valence-corrected chi connectivity index (χ1v) is 9.10. The lowest BCUT2D eigenvalue weighted by molar-refractivity contribution is 0.474. The minimum absolute atomic E-state index is 0.0619. The number of nitrogens with zero attached hydrogens (tertiary/aromatic N) is 4. The molecule has 0 saturated heterocycles. The number of phenols is 1. The fourth-order valence-electron chi connectivity index (χ4n) is 2.79. The van der Waals surface area contributed by atoms with E-state index in [1.807, 2.05) is 61.5 Å². The highest BCUT2D eigenvalue weighted by atomic mass is 35.5. The molecule has 28 heavy (non-hydrogen) atoms. The maximum atomic E-state index is 10.1. The van der Waals surface area contributed by atoms with Crippen molar-refractivity contribution < 1.29 is 5.11 Å². The molecule has 1 N–H and O–H groups in total. The molecule has 0 radical (unpaired) electrons. The molecule has 5 nitrogen and oxygen atoms in total. The Bertz CT molecular complexity index is 1140. The van der Waals surface area contributed by atoms with Gasteiger partial charge in [0.15, 0.2) is 5.82 Å². The van der Waals surface area contributed by atoms with Crippen molar-refractivity contribution in [2.24, 2.45) is 4.99 Å². The summed E-state index contributed by atoms with van der Waals surface area (Å²) >= 11 is 5.91. The summed E-state index contributed by atoms with van der Waals surface area (Å²) in [4.78, 5) is 4.61. The van der Waals surface area contributed by atoms with Crippen LogP contribution in [0.5, 0.6) is 5.75 Å².